The third-order valence-electron chi connectivity index (χ3n) is 2.70. The molecular weight excluding hydrogens is 216 g/mol. The van der Waals surface area contributed by atoms with Gasteiger partial charge in [-0.1, -0.05) is 6.07 Å². The monoisotopic (exact) mass is 228 g/mol. The van der Waals surface area contributed by atoms with E-state index >= 15 is 0 Å². The van der Waals surface area contributed by atoms with Crippen LogP contribution in [0.4, 0.5) is 0 Å². The molecule has 0 fully saturated rings. The van der Waals surface area contributed by atoms with E-state index in [0.717, 1.165) is 17.0 Å². The van der Waals surface area contributed by atoms with Gasteiger partial charge in [0.25, 0.3) is 0 Å². The number of aliphatic hydroxyl groups is 1. The Balaban J connectivity index is 2.29. The van der Waals surface area contributed by atoms with Crippen LogP contribution in [0.25, 0.3) is 11.5 Å². The van der Waals surface area contributed by atoms with Gasteiger partial charge in [-0.2, -0.15) is 5.10 Å². The van der Waals surface area contributed by atoms with Crippen molar-refractivity contribution in [2.24, 2.45) is 0 Å². The number of aromatic nitrogens is 4. The number of aliphatic hydroxyl groups excluding tert-OH is 1. The number of pyridine rings is 1. The molecule has 0 aliphatic heterocycles. The number of hydrogen-bond donors (Lipinski definition) is 1. The first-order valence-corrected chi connectivity index (χ1v) is 5.39. The van der Waals surface area contributed by atoms with Crippen LogP contribution in [0.5, 0.6) is 0 Å². The van der Waals surface area contributed by atoms with Gasteiger partial charge in [0.1, 0.15) is 5.65 Å². The molecule has 0 radical (unpaired) electrons. The normalized spacial score (nSPS) is 11.2. The lowest BCUT2D eigenvalue weighted by atomic mass is 10.4. The molecular formula is C12H12N4O. The minimum absolute atomic E-state index is 0.0700. The Morgan fingerprint density at radius 2 is 2.12 bits per heavy atom. The molecule has 0 aliphatic rings. The zero-order valence-corrected chi connectivity index (χ0v) is 9.41. The van der Waals surface area contributed by atoms with Crippen molar-refractivity contribution in [1.82, 2.24) is 19.2 Å². The maximum atomic E-state index is 9.47. The van der Waals surface area contributed by atoms with E-state index in [1.807, 2.05) is 48.0 Å². The Hall–Kier alpha value is -2.14. The lowest BCUT2D eigenvalue weighted by Crippen LogP contribution is -2.01. The van der Waals surface area contributed by atoms with E-state index in [4.69, 9.17) is 0 Å². The summed E-state index contributed by atoms with van der Waals surface area (Å²) >= 11 is 0. The van der Waals surface area contributed by atoms with Crippen LogP contribution < -0.4 is 0 Å². The molecule has 3 aromatic heterocycles. The molecule has 0 saturated heterocycles. The van der Waals surface area contributed by atoms with Crippen LogP contribution in [-0.2, 0) is 6.61 Å². The molecule has 5 heteroatoms. The molecule has 3 rings (SSSR count). The summed E-state index contributed by atoms with van der Waals surface area (Å²) < 4.78 is 3.56. The van der Waals surface area contributed by atoms with Gasteiger partial charge in [-0.25, -0.2) is 9.67 Å². The maximum Gasteiger partial charge on any atom is 0.177 e. The molecule has 86 valence electrons. The third-order valence-corrected chi connectivity index (χ3v) is 2.70. The van der Waals surface area contributed by atoms with Crippen molar-refractivity contribution < 1.29 is 5.11 Å². The number of rotatable bonds is 2. The zero-order valence-electron chi connectivity index (χ0n) is 9.41. The molecule has 0 atom stereocenters. The highest BCUT2D eigenvalue weighted by Crippen LogP contribution is 2.16. The Labute approximate surface area is 98.0 Å². The summed E-state index contributed by atoms with van der Waals surface area (Å²) in [6.45, 7) is 1.85. The molecule has 3 aromatic rings. The van der Waals surface area contributed by atoms with Crippen LogP contribution in [0.3, 0.4) is 0 Å². The van der Waals surface area contributed by atoms with E-state index in [1.165, 1.54) is 0 Å². The number of hydrogen-bond acceptors (Lipinski definition) is 3. The molecule has 17 heavy (non-hydrogen) atoms. The van der Waals surface area contributed by atoms with Crippen molar-refractivity contribution in [2.45, 2.75) is 13.5 Å². The van der Waals surface area contributed by atoms with Crippen LogP contribution >= 0.6 is 0 Å². The fourth-order valence-electron chi connectivity index (χ4n) is 1.90. The molecule has 0 amide bonds. The number of imidazole rings is 1. The summed E-state index contributed by atoms with van der Waals surface area (Å²) in [7, 11) is 0. The Kier molecular flexibility index (Phi) is 2.19. The van der Waals surface area contributed by atoms with Gasteiger partial charge in [0.2, 0.25) is 0 Å². The van der Waals surface area contributed by atoms with E-state index in [9.17, 15) is 5.11 Å². The SMILES string of the molecule is Cc1ccn(-c2nc3ccccn3c2CO)n1. The molecule has 1 N–H and O–H groups in total. The summed E-state index contributed by atoms with van der Waals surface area (Å²) in [5.41, 5.74) is 2.47. The minimum atomic E-state index is -0.0700. The largest absolute Gasteiger partial charge is 0.390 e. The fourth-order valence-corrected chi connectivity index (χ4v) is 1.90. The Morgan fingerprint density at radius 1 is 1.24 bits per heavy atom. The first-order valence-electron chi connectivity index (χ1n) is 5.39. The molecule has 0 aromatic carbocycles. The van der Waals surface area contributed by atoms with Gasteiger partial charge < -0.3 is 5.11 Å². The molecule has 0 unspecified atom stereocenters. The van der Waals surface area contributed by atoms with E-state index in [1.54, 1.807) is 4.68 Å². The van der Waals surface area contributed by atoms with Crippen LogP contribution in [0.1, 0.15) is 11.4 Å². The summed E-state index contributed by atoms with van der Waals surface area (Å²) in [6, 6.07) is 7.64. The first-order chi connectivity index (χ1) is 8.29. The van der Waals surface area contributed by atoms with Crippen LogP contribution in [-0.4, -0.2) is 24.3 Å². The molecule has 0 bridgehead atoms. The summed E-state index contributed by atoms with van der Waals surface area (Å²) in [5, 5.41) is 13.8. The molecule has 3 heterocycles. The number of fused-ring (bicyclic) bond motifs is 1. The highest BCUT2D eigenvalue weighted by atomic mass is 16.3. The standard InChI is InChI=1S/C12H12N4O/c1-9-5-7-16(14-9)12-10(8-17)15-6-3-2-4-11(15)13-12/h2-7,17H,8H2,1H3. The van der Waals surface area contributed by atoms with Gasteiger partial charge in [0.15, 0.2) is 5.82 Å². The second-order valence-electron chi connectivity index (χ2n) is 3.87. The Bertz CT molecular complexity index is 668. The molecule has 0 saturated carbocycles. The first kappa shape index (κ1) is 10.0. The van der Waals surface area contributed by atoms with Gasteiger partial charge in [-0.3, -0.25) is 4.40 Å². The Morgan fingerprint density at radius 3 is 2.82 bits per heavy atom. The van der Waals surface area contributed by atoms with Gasteiger partial charge in [0, 0.05) is 12.4 Å². The van der Waals surface area contributed by atoms with Gasteiger partial charge in [0.05, 0.1) is 18.0 Å². The summed E-state index contributed by atoms with van der Waals surface area (Å²) in [4.78, 5) is 4.47. The fraction of sp³-hybridized carbons (Fsp3) is 0.167. The quantitative estimate of drug-likeness (QED) is 0.719. The smallest absolute Gasteiger partial charge is 0.177 e. The van der Waals surface area contributed by atoms with E-state index in [-0.39, 0.29) is 6.61 Å². The zero-order chi connectivity index (χ0) is 11.8. The van der Waals surface area contributed by atoms with Gasteiger partial charge >= 0.3 is 0 Å². The second kappa shape index (κ2) is 3.71. The van der Waals surface area contributed by atoms with Crippen LogP contribution in [0, 0.1) is 6.92 Å². The topological polar surface area (TPSA) is 55.4 Å². The summed E-state index contributed by atoms with van der Waals surface area (Å²) in [6.07, 6.45) is 3.73. The predicted octanol–water partition coefficient (Wildman–Crippen LogP) is 1.32. The van der Waals surface area contributed by atoms with Crippen LogP contribution in [0.15, 0.2) is 36.7 Å². The average Bonchev–Trinajstić information content (AvgIpc) is 2.91. The highest BCUT2D eigenvalue weighted by Gasteiger charge is 2.12. The predicted molar refractivity (Wildman–Crippen MR) is 63.0 cm³/mol. The maximum absolute atomic E-state index is 9.47. The average molecular weight is 228 g/mol. The van der Waals surface area contributed by atoms with Gasteiger partial charge in [-0.05, 0) is 25.1 Å². The number of aryl methyl sites for hydroxylation is 1. The number of nitrogens with zero attached hydrogens (tertiary/aromatic N) is 4. The van der Waals surface area contributed by atoms with Crippen molar-refractivity contribution in [1.29, 1.82) is 0 Å². The highest BCUT2D eigenvalue weighted by molar-refractivity contribution is 5.48. The molecule has 5 nitrogen and oxygen atoms in total. The van der Waals surface area contributed by atoms with Gasteiger partial charge in [-0.15, -0.1) is 0 Å². The molecule has 0 aliphatic carbocycles. The van der Waals surface area contributed by atoms with Crippen molar-refractivity contribution >= 4 is 5.65 Å². The van der Waals surface area contributed by atoms with Crippen molar-refractivity contribution in [3.63, 3.8) is 0 Å². The lowest BCUT2D eigenvalue weighted by molar-refractivity contribution is 0.275. The van der Waals surface area contributed by atoms with Crippen LogP contribution in [0.2, 0.25) is 0 Å². The second-order valence-corrected chi connectivity index (χ2v) is 3.87. The molecule has 0 spiro atoms. The van der Waals surface area contributed by atoms with Crippen molar-refractivity contribution in [2.75, 3.05) is 0 Å². The van der Waals surface area contributed by atoms with Crippen molar-refractivity contribution in [3.05, 3.63) is 48.0 Å². The summed E-state index contributed by atoms with van der Waals surface area (Å²) in [5.74, 6) is 0.673. The minimum Gasteiger partial charge on any atom is -0.390 e. The van der Waals surface area contributed by atoms with E-state index in [2.05, 4.69) is 10.1 Å². The lowest BCUT2D eigenvalue weighted by Gasteiger charge is -2.00. The van der Waals surface area contributed by atoms with Crippen molar-refractivity contribution in [3.8, 4) is 5.82 Å². The van der Waals surface area contributed by atoms with E-state index in [0.29, 0.717) is 5.82 Å². The van der Waals surface area contributed by atoms with E-state index < -0.39 is 0 Å². The third kappa shape index (κ3) is 1.52.